The van der Waals surface area contributed by atoms with Crippen molar-refractivity contribution >= 4 is 34.5 Å². The van der Waals surface area contributed by atoms with Gasteiger partial charge in [0.05, 0.1) is 7.11 Å². The van der Waals surface area contributed by atoms with E-state index < -0.39 is 12.0 Å². The number of hydrogen-bond acceptors (Lipinski definition) is 3. The van der Waals surface area contributed by atoms with Crippen molar-refractivity contribution in [1.82, 2.24) is 5.32 Å². The Kier molecular flexibility index (Phi) is 6.81. The van der Waals surface area contributed by atoms with Gasteiger partial charge in [0.15, 0.2) is 0 Å². The number of hydrogen-bond donors (Lipinski definition) is 1. The number of nitrogens with one attached hydrogen (secondary N) is 1. The van der Waals surface area contributed by atoms with Gasteiger partial charge < -0.3 is 10.1 Å². The van der Waals surface area contributed by atoms with Crippen molar-refractivity contribution in [2.45, 2.75) is 38.6 Å². The fourth-order valence-corrected chi connectivity index (χ4v) is 2.91. The lowest BCUT2D eigenvalue weighted by molar-refractivity contribution is -0.142. The third-order valence-electron chi connectivity index (χ3n) is 4.16. The average molecular weight is 465 g/mol. The molecule has 0 aliphatic heterocycles. The van der Waals surface area contributed by atoms with E-state index in [-0.39, 0.29) is 11.3 Å². The minimum absolute atomic E-state index is 0.0222. The van der Waals surface area contributed by atoms with Gasteiger partial charge in [-0.1, -0.05) is 45.0 Å². The SMILES string of the molecule is COC(=O)[C@@H](Cc1ccc(I)cc1)NC(=O)c1ccc(C(C)(C)C)cc1. The standard InChI is InChI=1S/C21H24INO3/c1-21(2,3)16-9-7-15(8-10-16)19(24)23-18(20(25)26-4)13-14-5-11-17(22)12-6-14/h5-12,18H,13H2,1-4H3,(H,23,24)/t18-/m1/s1. The molecule has 138 valence electrons. The van der Waals surface area contributed by atoms with Gasteiger partial charge in [0.2, 0.25) is 0 Å². The number of carbonyl (C=O) groups is 2. The van der Waals surface area contributed by atoms with Crippen LogP contribution < -0.4 is 5.32 Å². The van der Waals surface area contributed by atoms with E-state index in [1.54, 1.807) is 12.1 Å². The van der Waals surface area contributed by atoms with Crippen LogP contribution in [0.15, 0.2) is 48.5 Å². The van der Waals surface area contributed by atoms with Crippen LogP contribution in [0.3, 0.4) is 0 Å². The molecule has 0 heterocycles. The Labute approximate surface area is 168 Å². The topological polar surface area (TPSA) is 55.4 Å². The van der Waals surface area contributed by atoms with Gasteiger partial charge in [0, 0.05) is 15.6 Å². The molecule has 0 aliphatic rings. The highest BCUT2D eigenvalue weighted by molar-refractivity contribution is 14.1. The molecular weight excluding hydrogens is 441 g/mol. The van der Waals surface area contributed by atoms with Crippen LogP contribution in [0.4, 0.5) is 0 Å². The van der Waals surface area contributed by atoms with Gasteiger partial charge in [0.25, 0.3) is 5.91 Å². The molecule has 2 aromatic carbocycles. The summed E-state index contributed by atoms with van der Waals surface area (Å²) in [5.74, 6) is -0.741. The monoisotopic (exact) mass is 465 g/mol. The summed E-state index contributed by atoms with van der Waals surface area (Å²) in [6.07, 6.45) is 0.384. The third kappa shape index (κ3) is 5.56. The third-order valence-corrected chi connectivity index (χ3v) is 4.88. The molecule has 0 bridgehead atoms. The second-order valence-corrected chi connectivity index (χ2v) is 8.45. The highest BCUT2D eigenvalue weighted by Crippen LogP contribution is 2.22. The van der Waals surface area contributed by atoms with Crippen LogP contribution in [-0.4, -0.2) is 25.0 Å². The van der Waals surface area contributed by atoms with Crippen LogP contribution in [0.1, 0.15) is 42.3 Å². The van der Waals surface area contributed by atoms with E-state index in [0.29, 0.717) is 12.0 Å². The van der Waals surface area contributed by atoms with Crippen molar-refractivity contribution in [3.05, 3.63) is 68.8 Å². The van der Waals surface area contributed by atoms with Gasteiger partial charge in [-0.25, -0.2) is 4.79 Å². The molecule has 0 saturated heterocycles. The quantitative estimate of drug-likeness (QED) is 0.535. The molecule has 2 aromatic rings. The Bertz CT molecular complexity index is 761. The van der Waals surface area contributed by atoms with E-state index in [0.717, 1.165) is 14.7 Å². The number of rotatable bonds is 5. The van der Waals surface area contributed by atoms with Crippen LogP contribution in [-0.2, 0) is 21.4 Å². The summed E-state index contributed by atoms with van der Waals surface area (Å²) in [6.45, 7) is 6.36. The molecule has 1 atom stereocenters. The van der Waals surface area contributed by atoms with Gasteiger partial charge in [0.1, 0.15) is 6.04 Å². The van der Waals surface area contributed by atoms with Crippen LogP contribution in [0, 0.1) is 3.57 Å². The molecule has 2 rings (SSSR count). The number of methoxy groups -OCH3 is 1. The molecular formula is C21H24INO3. The van der Waals surface area contributed by atoms with Crippen molar-refractivity contribution in [3.8, 4) is 0 Å². The van der Waals surface area contributed by atoms with E-state index in [9.17, 15) is 9.59 Å². The maximum atomic E-state index is 12.6. The molecule has 26 heavy (non-hydrogen) atoms. The Morgan fingerprint density at radius 1 is 1.04 bits per heavy atom. The number of esters is 1. The Morgan fingerprint density at radius 2 is 1.62 bits per heavy atom. The van der Waals surface area contributed by atoms with E-state index in [2.05, 4.69) is 48.7 Å². The first-order chi connectivity index (χ1) is 12.2. The highest BCUT2D eigenvalue weighted by Gasteiger charge is 2.23. The summed E-state index contributed by atoms with van der Waals surface area (Å²) in [7, 11) is 1.33. The fourth-order valence-electron chi connectivity index (χ4n) is 2.55. The number of ether oxygens (including phenoxy) is 1. The second kappa shape index (κ2) is 8.66. The van der Waals surface area contributed by atoms with Crippen molar-refractivity contribution in [1.29, 1.82) is 0 Å². The smallest absolute Gasteiger partial charge is 0.328 e. The lowest BCUT2D eigenvalue weighted by Gasteiger charge is -2.20. The molecule has 0 fully saturated rings. The second-order valence-electron chi connectivity index (χ2n) is 7.21. The lowest BCUT2D eigenvalue weighted by atomic mass is 9.86. The van der Waals surface area contributed by atoms with Crippen molar-refractivity contribution in [2.75, 3.05) is 7.11 Å². The summed E-state index contributed by atoms with van der Waals surface area (Å²) in [5.41, 5.74) is 2.66. The summed E-state index contributed by atoms with van der Waals surface area (Å²) >= 11 is 2.23. The molecule has 0 saturated carbocycles. The Balaban J connectivity index is 2.13. The number of benzene rings is 2. The van der Waals surface area contributed by atoms with Gasteiger partial charge >= 0.3 is 5.97 Å². The first-order valence-electron chi connectivity index (χ1n) is 8.44. The summed E-state index contributed by atoms with van der Waals surface area (Å²) in [6, 6.07) is 14.6. The predicted molar refractivity (Wildman–Crippen MR) is 111 cm³/mol. The van der Waals surface area contributed by atoms with Gasteiger partial charge in [-0.05, 0) is 63.4 Å². The van der Waals surface area contributed by atoms with Crippen molar-refractivity contribution in [2.24, 2.45) is 0 Å². The van der Waals surface area contributed by atoms with Crippen molar-refractivity contribution in [3.63, 3.8) is 0 Å². The molecule has 1 amide bonds. The molecule has 1 N–H and O–H groups in total. The zero-order valence-corrected chi connectivity index (χ0v) is 17.7. The first-order valence-corrected chi connectivity index (χ1v) is 9.52. The number of amides is 1. The average Bonchev–Trinajstić information content (AvgIpc) is 2.61. The Hall–Kier alpha value is -1.89. The zero-order chi connectivity index (χ0) is 19.3. The van der Waals surface area contributed by atoms with Crippen LogP contribution in [0.2, 0.25) is 0 Å². The van der Waals surface area contributed by atoms with E-state index in [1.165, 1.54) is 7.11 Å². The van der Waals surface area contributed by atoms with Crippen LogP contribution in [0.25, 0.3) is 0 Å². The first kappa shape index (κ1) is 20.4. The molecule has 0 aliphatic carbocycles. The molecule has 5 heteroatoms. The van der Waals surface area contributed by atoms with E-state index in [4.69, 9.17) is 4.74 Å². The molecule has 0 aromatic heterocycles. The minimum Gasteiger partial charge on any atom is -0.467 e. The fraction of sp³-hybridized carbons (Fsp3) is 0.333. The highest BCUT2D eigenvalue weighted by atomic mass is 127. The van der Waals surface area contributed by atoms with Gasteiger partial charge in [-0.2, -0.15) is 0 Å². The molecule has 0 unspecified atom stereocenters. The molecule has 4 nitrogen and oxygen atoms in total. The normalized spacial score (nSPS) is 12.3. The molecule has 0 spiro atoms. The van der Waals surface area contributed by atoms with Gasteiger partial charge in [-0.3, -0.25) is 4.79 Å². The lowest BCUT2D eigenvalue weighted by Crippen LogP contribution is -2.43. The summed E-state index contributed by atoms with van der Waals surface area (Å²) in [5, 5.41) is 2.79. The largest absolute Gasteiger partial charge is 0.467 e. The van der Waals surface area contributed by atoms with Crippen LogP contribution in [0.5, 0.6) is 0 Å². The maximum Gasteiger partial charge on any atom is 0.328 e. The number of carbonyl (C=O) groups excluding carboxylic acids is 2. The Morgan fingerprint density at radius 3 is 2.12 bits per heavy atom. The molecule has 0 radical (unpaired) electrons. The van der Waals surface area contributed by atoms with E-state index >= 15 is 0 Å². The summed E-state index contributed by atoms with van der Waals surface area (Å²) in [4.78, 5) is 24.7. The van der Waals surface area contributed by atoms with Gasteiger partial charge in [-0.15, -0.1) is 0 Å². The van der Waals surface area contributed by atoms with Crippen molar-refractivity contribution < 1.29 is 14.3 Å². The summed E-state index contributed by atoms with van der Waals surface area (Å²) < 4.78 is 5.97. The number of halogens is 1. The van der Waals surface area contributed by atoms with E-state index in [1.807, 2.05) is 36.4 Å². The maximum absolute atomic E-state index is 12.6. The predicted octanol–water partition coefficient (Wildman–Crippen LogP) is 4.10. The van der Waals surface area contributed by atoms with Crippen LogP contribution >= 0.6 is 22.6 Å². The minimum atomic E-state index is -0.727. The zero-order valence-electron chi connectivity index (χ0n) is 15.5.